The van der Waals surface area contributed by atoms with Crippen molar-refractivity contribution in [1.82, 2.24) is 0 Å². The summed E-state index contributed by atoms with van der Waals surface area (Å²) in [6.07, 6.45) is 3.07. The van der Waals surface area contributed by atoms with Crippen molar-refractivity contribution in [2.75, 3.05) is 13.7 Å². The maximum atomic E-state index is 11.4. The highest BCUT2D eigenvalue weighted by Crippen LogP contribution is 2.33. The van der Waals surface area contributed by atoms with E-state index < -0.39 is 0 Å². The zero-order valence-corrected chi connectivity index (χ0v) is 15.2. The molecule has 2 aromatic rings. The van der Waals surface area contributed by atoms with Crippen LogP contribution in [0.3, 0.4) is 0 Å². The number of hydrogen-bond donors (Lipinski definition) is 0. The lowest BCUT2D eigenvalue weighted by Crippen LogP contribution is -1.98. The quantitative estimate of drug-likeness (QED) is 0.380. The summed E-state index contributed by atoms with van der Waals surface area (Å²) >= 11 is 3.41. The Morgan fingerprint density at radius 2 is 1.88 bits per heavy atom. The molecule has 0 aliphatic rings. The highest BCUT2D eigenvalue weighted by atomic mass is 79.9. The molecule has 5 heteroatoms. The van der Waals surface area contributed by atoms with Gasteiger partial charge < -0.3 is 14.2 Å². The van der Waals surface area contributed by atoms with Crippen LogP contribution >= 0.6 is 15.9 Å². The van der Waals surface area contributed by atoms with Gasteiger partial charge in [-0.2, -0.15) is 0 Å². The summed E-state index contributed by atoms with van der Waals surface area (Å²) in [6, 6.07) is 13.2. The number of halogens is 1. The first-order valence-electron chi connectivity index (χ1n) is 7.52. The molecular weight excluding hydrogens is 372 g/mol. The van der Waals surface area contributed by atoms with Crippen LogP contribution in [0.5, 0.6) is 17.2 Å². The van der Waals surface area contributed by atoms with Crippen LogP contribution in [0.25, 0.3) is 6.08 Å². The maximum absolute atomic E-state index is 11.4. The Balaban J connectivity index is 2.20. The van der Waals surface area contributed by atoms with Crippen molar-refractivity contribution in [3.8, 4) is 17.2 Å². The second kappa shape index (κ2) is 9.13. The van der Waals surface area contributed by atoms with Gasteiger partial charge in [0.25, 0.3) is 0 Å². The van der Waals surface area contributed by atoms with E-state index in [-0.39, 0.29) is 5.97 Å². The molecule has 0 saturated carbocycles. The van der Waals surface area contributed by atoms with Crippen LogP contribution in [0.2, 0.25) is 0 Å². The van der Waals surface area contributed by atoms with Crippen LogP contribution in [0.15, 0.2) is 48.5 Å². The third kappa shape index (κ3) is 5.13. The van der Waals surface area contributed by atoms with Gasteiger partial charge in [0.2, 0.25) is 0 Å². The summed E-state index contributed by atoms with van der Waals surface area (Å²) in [5.41, 5.74) is 1.98. The average Bonchev–Trinajstić information content (AvgIpc) is 2.61. The molecule has 0 aliphatic heterocycles. The van der Waals surface area contributed by atoms with Crippen molar-refractivity contribution in [3.05, 3.63) is 59.7 Å². The van der Waals surface area contributed by atoms with E-state index in [9.17, 15) is 4.79 Å². The van der Waals surface area contributed by atoms with E-state index in [0.717, 1.165) is 10.9 Å². The monoisotopic (exact) mass is 390 g/mol. The number of carbonyl (C=O) groups is 1. The predicted molar refractivity (Wildman–Crippen MR) is 97.8 cm³/mol. The molecule has 0 amide bonds. The number of methoxy groups -OCH3 is 1. The van der Waals surface area contributed by atoms with Crippen LogP contribution in [-0.2, 0) is 14.9 Å². The fraction of sp³-hybridized carbons (Fsp3) is 0.211. The molecule has 0 saturated heterocycles. The molecule has 0 aliphatic carbocycles. The van der Waals surface area contributed by atoms with Crippen molar-refractivity contribution in [3.63, 3.8) is 0 Å². The number of carbonyl (C=O) groups excluding carboxylic acids is 1. The number of esters is 1. The van der Waals surface area contributed by atoms with Crippen LogP contribution in [0.4, 0.5) is 0 Å². The second-order valence-corrected chi connectivity index (χ2v) is 5.44. The fourth-order valence-electron chi connectivity index (χ4n) is 2.00. The van der Waals surface area contributed by atoms with Gasteiger partial charge in [-0.05, 0) is 48.4 Å². The Kier molecular flexibility index (Phi) is 6.88. The van der Waals surface area contributed by atoms with Gasteiger partial charge in [0.05, 0.1) is 13.7 Å². The van der Waals surface area contributed by atoms with Gasteiger partial charge in [-0.3, -0.25) is 0 Å². The van der Waals surface area contributed by atoms with Crippen molar-refractivity contribution in [2.45, 2.75) is 12.3 Å². The summed E-state index contributed by atoms with van der Waals surface area (Å²) in [5.74, 6) is 1.54. The standard InChI is InChI=1S/C19H19BrO4/c1-3-23-19(21)11-7-14-6-10-17(22-2)18(12-14)24-16-8-4-15(13-20)5-9-16/h4-12H,3,13H2,1-2H3. The van der Waals surface area contributed by atoms with Crippen LogP contribution in [0, 0.1) is 0 Å². The zero-order valence-electron chi connectivity index (χ0n) is 13.6. The van der Waals surface area contributed by atoms with E-state index in [1.54, 1.807) is 26.2 Å². The highest BCUT2D eigenvalue weighted by Gasteiger charge is 2.07. The van der Waals surface area contributed by atoms with E-state index in [4.69, 9.17) is 14.2 Å². The number of benzene rings is 2. The van der Waals surface area contributed by atoms with E-state index >= 15 is 0 Å². The van der Waals surface area contributed by atoms with Gasteiger partial charge in [0, 0.05) is 11.4 Å². The number of ether oxygens (including phenoxy) is 3. The Hall–Kier alpha value is -2.27. The minimum atomic E-state index is -0.374. The van der Waals surface area contributed by atoms with Crippen molar-refractivity contribution in [2.24, 2.45) is 0 Å². The molecule has 0 spiro atoms. The minimum absolute atomic E-state index is 0.352. The Bertz CT molecular complexity index is 708. The third-order valence-electron chi connectivity index (χ3n) is 3.19. The Labute approximate surface area is 150 Å². The summed E-state index contributed by atoms with van der Waals surface area (Å²) in [4.78, 5) is 11.4. The van der Waals surface area contributed by atoms with Crippen LogP contribution in [0.1, 0.15) is 18.1 Å². The lowest BCUT2D eigenvalue weighted by molar-refractivity contribution is -0.137. The van der Waals surface area contributed by atoms with Crippen molar-refractivity contribution >= 4 is 28.0 Å². The molecule has 126 valence electrons. The lowest BCUT2D eigenvalue weighted by Gasteiger charge is -2.11. The fourth-order valence-corrected chi connectivity index (χ4v) is 2.38. The summed E-state index contributed by atoms with van der Waals surface area (Å²) in [6.45, 7) is 2.12. The molecule has 2 aromatic carbocycles. The highest BCUT2D eigenvalue weighted by molar-refractivity contribution is 9.08. The smallest absolute Gasteiger partial charge is 0.330 e. The van der Waals surface area contributed by atoms with Gasteiger partial charge in [0.1, 0.15) is 5.75 Å². The van der Waals surface area contributed by atoms with Crippen molar-refractivity contribution < 1.29 is 19.0 Å². The van der Waals surface area contributed by atoms with Gasteiger partial charge in [0.15, 0.2) is 11.5 Å². The summed E-state index contributed by atoms with van der Waals surface area (Å²) < 4.78 is 16.1. The van der Waals surface area contributed by atoms with Gasteiger partial charge in [-0.15, -0.1) is 0 Å². The molecule has 0 heterocycles. The Morgan fingerprint density at radius 1 is 1.12 bits per heavy atom. The first-order valence-corrected chi connectivity index (χ1v) is 8.64. The first-order chi connectivity index (χ1) is 11.7. The molecule has 0 atom stereocenters. The van der Waals surface area contributed by atoms with Gasteiger partial charge in [-0.25, -0.2) is 4.79 Å². The van der Waals surface area contributed by atoms with Gasteiger partial charge >= 0.3 is 5.97 Å². The second-order valence-electron chi connectivity index (χ2n) is 4.88. The molecule has 0 fully saturated rings. The largest absolute Gasteiger partial charge is 0.493 e. The SMILES string of the molecule is CCOC(=O)C=Cc1ccc(OC)c(Oc2ccc(CBr)cc2)c1. The van der Waals surface area contributed by atoms with Crippen LogP contribution in [-0.4, -0.2) is 19.7 Å². The van der Waals surface area contributed by atoms with E-state index in [1.165, 1.54) is 11.6 Å². The third-order valence-corrected chi connectivity index (χ3v) is 3.84. The number of hydrogen-bond acceptors (Lipinski definition) is 4. The number of alkyl halides is 1. The minimum Gasteiger partial charge on any atom is -0.493 e. The topological polar surface area (TPSA) is 44.8 Å². The van der Waals surface area contributed by atoms with E-state index in [2.05, 4.69) is 15.9 Å². The molecule has 0 aromatic heterocycles. The zero-order chi connectivity index (χ0) is 17.4. The molecule has 0 bridgehead atoms. The molecule has 0 N–H and O–H groups in total. The Morgan fingerprint density at radius 3 is 2.50 bits per heavy atom. The van der Waals surface area contributed by atoms with Crippen LogP contribution < -0.4 is 9.47 Å². The molecule has 0 radical (unpaired) electrons. The van der Waals surface area contributed by atoms with Gasteiger partial charge in [-0.1, -0.05) is 34.1 Å². The molecule has 0 unspecified atom stereocenters. The number of rotatable bonds is 7. The molecule has 2 rings (SSSR count). The maximum Gasteiger partial charge on any atom is 0.330 e. The average molecular weight is 391 g/mol. The normalized spacial score (nSPS) is 10.6. The van der Waals surface area contributed by atoms with Crippen molar-refractivity contribution in [1.29, 1.82) is 0 Å². The molecule has 24 heavy (non-hydrogen) atoms. The summed E-state index contributed by atoms with van der Waals surface area (Å²) in [7, 11) is 1.59. The first kappa shape index (κ1) is 18.1. The summed E-state index contributed by atoms with van der Waals surface area (Å²) in [5, 5.41) is 0.796. The predicted octanol–water partition coefficient (Wildman–Crippen LogP) is 4.96. The van der Waals surface area contributed by atoms with E-state index in [1.807, 2.05) is 36.4 Å². The molecule has 4 nitrogen and oxygen atoms in total. The lowest BCUT2D eigenvalue weighted by atomic mass is 10.2. The molecular formula is C19H19BrO4. The van der Waals surface area contributed by atoms with E-state index in [0.29, 0.717) is 23.9 Å².